The van der Waals surface area contributed by atoms with E-state index in [1.165, 1.54) is 32.1 Å². The van der Waals surface area contributed by atoms with Crippen molar-refractivity contribution in [2.24, 2.45) is 0 Å². The van der Waals surface area contributed by atoms with Crippen LogP contribution in [0.15, 0.2) is 54.6 Å². The Morgan fingerprint density at radius 1 is 0.811 bits per heavy atom. The SMILES string of the molecule is C=C[C@@](C)(CCC=C(C)C)O[C@@H]1O[C@H](CO[C@@H]2O[C@@H](C)[C@H](OC(=O)/C=C/c3ccc(O)cc3)[C@@H](O[C@@H]3O[C@@H](C)[C@H](O)[C@@H](O)[C@H]3O)[C@H]2O)[C@@H](O)[C@H](O)[C@H]1O. The van der Waals surface area contributed by atoms with E-state index in [4.69, 9.17) is 33.2 Å². The van der Waals surface area contributed by atoms with Crippen molar-refractivity contribution in [3.05, 3.63) is 60.2 Å². The van der Waals surface area contributed by atoms with Gasteiger partial charge in [0.2, 0.25) is 0 Å². The van der Waals surface area contributed by atoms with Gasteiger partial charge >= 0.3 is 5.97 Å². The van der Waals surface area contributed by atoms with Gasteiger partial charge in [-0.1, -0.05) is 29.9 Å². The van der Waals surface area contributed by atoms with E-state index >= 15 is 0 Å². The number of aliphatic hydroxyl groups is 7. The zero-order valence-corrected chi connectivity index (χ0v) is 30.5. The number of aliphatic hydroxyl groups excluding tert-OH is 7. The fourth-order valence-electron chi connectivity index (χ4n) is 6.11. The summed E-state index contributed by atoms with van der Waals surface area (Å²) in [5, 5.41) is 84.5. The minimum atomic E-state index is -1.77. The third kappa shape index (κ3) is 10.9. The smallest absolute Gasteiger partial charge is 0.331 e. The first-order valence-electron chi connectivity index (χ1n) is 17.6. The summed E-state index contributed by atoms with van der Waals surface area (Å²) in [4.78, 5) is 13.0. The van der Waals surface area contributed by atoms with Gasteiger partial charge in [0.15, 0.2) is 25.0 Å². The summed E-state index contributed by atoms with van der Waals surface area (Å²) in [6, 6.07) is 6.00. The van der Waals surface area contributed by atoms with Crippen LogP contribution in [0.25, 0.3) is 6.08 Å². The maximum Gasteiger partial charge on any atom is 0.331 e. The molecule has 16 nitrogen and oxygen atoms in total. The molecular formula is C37H54O16. The molecule has 298 valence electrons. The Labute approximate surface area is 308 Å². The van der Waals surface area contributed by atoms with Crippen molar-refractivity contribution >= 4 is 12.0 Å². The summed E-state index contributed by atoms with van der Waals surface area (Å²) in [5.41, 5.74) is 0.701. The Morgan fingerprint density at radius 2 is 1.43 bits per heavy atom. The van der Waals surface area contributed by atoms with Gasteiger partial charge in [-0.15, -0.1) is 6.58 Å². The highest BCUT2D eigenvalue weighted by atomic mass is 16.8. The molecule has 16 atom stereocenters. The highest BCUT2D eigenvalue weighted by Crippen LogP contribution is 2.33. The van der Waals surface area contributed by atoms with Gasteiger partial charge in [0.05, 0.1) is 24.4 Å². The number of hydrogen-bond acceptors (Lipinski definition) is 16. The van der Waals surface area contributed by atoms with Gasteiger partial charge in [-0.2, -0.15) is 0 Å². The molecule has 8 N–H and O–H groups in total. The van der Waals surface area contributed by atoms with Gasteiger partial charge in [0.25, 0.3) is 0 Å². The average molecular weight is 755 g/mol. The highest BCUT2D eigenvalue weighted by molar-refractivity contribution is 5.87. The lowest BCUT2D eigenvalue weighted by Crippen LogP contribution is -2.64. The number of carbonyl (C=O) groups excluding carboxylic acids is 1. The second kappa shape index (κ2) is 18.7. The number of benzene rings is 1. The van der Waals surface area contributed by atoms with Crippen molar-refractivity contribution in [2.75, 3.05) is 6.61 Å². The molecule has 53 heavy (non-hydrogen) atoms. The Balaban J connectivity index is 1.50. The minimum Gasteiger partial charge on any atom is -0.508 e. The van der Waals surface area contributed by atoms with E-state index in [1.807, 2.05) is 19.9 Å². The summed E-state index contributed by atoms with van der Waals surface area (Å²) in [6.45, 7) is 11.9. The molecule has 3 aliphatic heterocycles. The van der Waals surface area contributed by atoms with Gasteiger partial charge in [0, 0.05) is 6.08 Å². The van der Waals surface area contributed by atoms with Crippen molar-refractivity contribution in [1.29, 1.82) is 0 Å². The molecule has 3 aliphatic rings. The molecule has 16 heteroatoms. The molecule has 3 fully saturated rings. The van der Waals surface area contributed by atoms with E-state index in [9.17, 15) is 45.6 Å². The monoisotopic (exact) mass is 754 g/mol. The fourth-order valence-corrected chi connectivity index (χ4v) is 6.11. The van der Waals surface area contributed by atoms with Gasteiger partial charge in [-0.25, -0.2) is 4.79 Å². The number of carbonyl (C=O) groups is 1. The number of aromatic hydroxyl groups is 1. The standard InChI is InChI=1S/C37H54O16/c1-7-37(6,16-8-9-18(2)3)53-36-30(45)28(43)26(41)23(50-36)17-47-34-31(46)33(52-35-29(44)27(42)25(40)19(4)48-35)32(20(5)49-34)51-24(39)15-12-21-10-13-22(38)14-11-21/h7,9-15,19-20,23,25-36,38,40-46H,1,8,16-17H2,2-6H3/b15-12+/t19-,20-,23+,25-,26+,27+,28-,29+,30+,31+,32-,33-,34+,35-,36-,37-/m0/s1. The van der Waals surface area contributed by atoms with Crippen molar-refractivity contribution in [2.45, 2.75) is 145 Å². The number of phenolic OH excluding ortho intramolecular Hbond substituents is 1. The van der Waals surface area contributed by atoms with E-state index in [2.05, 4.69) is 6.58 Å². The number of esters is 1. The van der Waals surface area contributed by atoms with Crippen molar-refractivity contribution in [3.63, 3.8) is 0 Å². The van der Waals surface area contributed by atoms with E-state index in [0.29, 0.717) is 18.4 Å². The minimum absolute atomic E-state index is 0.0376. The van der Waals surface area contributed by atoms with Gasteiger partial charge in [-0.3, -0.25) is 0 Å². The molecule has 0 radical (unpaired) electrons. The molecule has 0 aliphatic carbocycles. The van der Waals surface area contributed by atoms with Crippen LogP contribution in [0.4, 0.5) is 0 Å². The molecule has 1 aromatic rings. The first kappa shape index (κ1) is 42.9. The van der Waals surface area contributed by atoms with Crippen LogP contribution in [0.1, 0.15) is 53.0 Å². The first-order chi connectivity index (χ1) is 24.9. The van der Waals surface area contributed by atoms with Crippen molar-refractivity contribution in [3.8, 4) is 5.75 Å². The second-order valence-corrected chi connectivity index (χ2v) is 14.1. The van der Waals surface area contributed by atoms with Crippen LogP contribution in [0, 0.1) is 0 Å². The number of hydrogen-bond donors (Lipinski definition) is 8. The topological polar surface area (TPSA) is 244 Å². The lowest BCUT2D eigenvalue weighted by Gasteiger charge is -2.47. The lowest BCUT2D eigenvalue weighted by molar-refractivity contribution is -0.362. The predicted molar refractivity (Wildman–Crippen MR) is 186 cm³/mol. The predicted octanol–water partition coefficient (Wildman–Crippen LogP) is 0.168. The first-order valence-corrected chi connectivity index (χ1v) is 17.6. The maximum atomic E-state index is 13.0. The Bertz CT molecular complexity index is 1400. The van der Waals surface area contributed by atoms with Crippen LogP contribution in [0.3, 0.4) is 0 Å². The third-order valence-electron chi connectivity index (χ3n) is 9.51. The van der Waals surface area contributed by atoms with Crippen molar-refractivity contribution in [1.82, 2.24) is 0 Å². The molecule has 3 heterocycles. The van der Waals surface area contributed by atoms with E-state index in [1.54, 1.807) is 25.1 Å². The van der Waals surface area contributed by atoms with E-state index in [-0.39, 0.29) is 5.75 Å². The van der Waals surface area contributed by atoms with Crippen LogP contribution in [0.5, 0.6) is 5.75 Å². The highest BCUT2D eigenvalue weighted by Gasteiger charge is 2.52. The van der Waals surface area contributed by atoms with Crippen LogP contribution in [-0.4, -0.2) is 151 Å². The zero-order valence-electron chi connectivity index (χ0n) is 30.5. The third-order valence-corrected chi connectivity index (χ3v) is 9.51. The number of allylic oxidation sites excluding steroid dienone is 2. The summed E-state index contributed by atoms with van der Waals surface area (Å²) in [6.07, 6.45) is -15.1. The molecule has 0 unspecified atom stereocenters. The summed E-state index contributed by atoms with van der Waals surface area (Å²) >= 11 is 0. The van der Waals surface area contributed by atoms with E-state index < -0.39 is 110 Å². The van der Waals surface area contributed by atoms with Crippen molar-refractivity contribution < 1.29 is 78.8 Å². The molecular weight excluding hydrogens is 700 g/mol. The van der Waals surface area contributed by atoms with Gasteiger partial charge < -0.3 is 74.0 Å². The van der Waals surface area contributed by atoms with Crippen LogP contribution in [0.2, 0.25) is 0 Å². The molecule has 4 rings (SSSR count). The summed E-state index contributed by atoms with van der Waals surface area (Å²) < 4.78 is 40.8. The molecule has 0 bridgehead atoms. The van der Waals surface area contributed by atoms with Gasteiger partial charge in [-0.05, 0) is 71.2 Å². The maximum absolute atomic E-state index is 13.0. The van der Waals surface area contributed by atoms with Crippen LogP contribution < -0.4 is 0 Å². The van der Waals surface area contributed by atoms with E-state index in [0.717, 1.165) is 11.6 Å². The molecule has 0 amide bonds. The zero-order chi connectivity index (χ0) is 39.2. The average Bonchev–Trinajstić information content (AvgIpc) is 3.12. The number of ether oxygens (including phenoxy) is 7. The quantitative estimate of drug-likeness (QED) is 0.0717. The summed E-state index contributed by atoms with van der Waals surface area (Å²) in [5.74, 6) is -0.826. The molecule has 0 saturated carbocycles. The van der Waals surface area contributed by atoms with Gasteiger partial charge in [0.1, 0.15) is 60.7 Å². The Hall–Kier alpha value is -2.81. The fraction of sp³-hybridized carbons (Fsp3) is 0.649. The summed E-state index contributed by atoms with van der Waals surface area (Å²) in [7, 11) is 0. The molecule has 3 saturated heterocycles. The second-order valence-electron chi connectivity index (χ2n) is 14.1. The molecule has 0 spiro atoms. The molecule has 0 aromatic heterocycles. The lowest BCUT2D eigenvalue weighted by atomic mass is 9.96. The molecule has 1 aromatic carbocycles. The van der Waals surface area contributed by atoms with Crippen LogP contribution >= 0.6 is 0 Å². The number of phenols is 1. The number of rotatable bonds is 14. The Morgan fingerprint density at radius 3 is 2.08 bits per heavy atom. The largest absolute Gasteiger partial charge is 0.508 e. The Kier molecular flexibility index (Phi) is 15.1. The van der Waals surface area contributed by atoms with Crippen LogP contribution in [-0.2, 0) is 38.0 Å². The normalized spacial score (nSPS) is 38.9.